The molecular weight excluding hydrogens is 235 g/mol. The second kappa shape index (κ2) is 4.08. The Kier molecular flexibility index (Phi) is 2.79. The summed E-state index contributed by atoms with van der Waals surface area (Å²) in [5.74, 6) is 0.383. The van der Waals surface area contributed by atoms with E-state index in [-0.39, 0.29) is 0 Å². The van der Waals surface area contributed by atoms with Gasteiger partial charge in [0, 0.05) is 0 Å². The van der Waals surface area contributed by atoms with Gasteiger partial charge in [0.1, 0.15) is 0 Å². The lowest BCUT2D eigenvalue weighted by Gasteiger charge is -2.04. The van der Waals surface area contributed by atoms with Crippen molar-refractivity contribution in [1.29, 1.82) is 0 Å². The molecule has 1 aromatic heterocycles. The van der Waals surface area contributed by atoms with Gasteiger partial charge in [-0.15, -0.1) is 5.10 Å². The average molecular weight is 243 g/mol. The van der Waals surface area contributed by atoms with Crippen molar-refractivity contribution in [1.82, 2.24) is 15.0 Å². The van der Waals surface area contributed by atoms with E-state index in [4.69, 9.17) is 28.9 Å². The normalized spacial score (nSPS) is 10.5. The van der Waals surface area contributed by atoms with Gasteiger partial charge in [-0.3, -0.25) is 0 Å². The quantitative estimate of drug-likeness (QED) is 0.879. The van der Waals surface area contributed by atoms with Gasteiger partial charge in [-0.1, -0.05) is 35.3 Å². The second-order valence-corrected chi connectivity index (χ2v) is 3.80. The van der Waals surface area contributed by atoms with E-state index in [9.17, 15) is 0 Å². The lowest BCUT2D eigenvalue weighted by Crippen LogP contribution is -2.04. The number of halogens is 2. The highest BCUT2D eigenvalue weighted by atomic mass is 35.5. The molecule has 0 saturated heterocycles. The van der Waals surface area contributed by atoms with Gasteiger partial charge >= 0.3 is 0 Å². The van der Waals surface area contributed by atoms with E-state index in [0.29, 0.717) is 22.4 Å². The van der Waals surface area contributed by atoms with Crippen LogP contribution < -0.4 is 5.73 Å². The molecule has 0 atom stereocenters. The van der Waals surface area contributed by atoms with E-state index in [1.807, 2.05) is 12.1 Å². The zero-order valence-electron chi connectivity index (χ0n) is 7.69. The summed E-state index contributed by atoms with van der Waals surface area (Å²) in [6.45, 7) is 0.455. The molecule has 0 spiro atoms. The SMILES string of the molecule is Nc1cnn(Cc2cccc(Cl)c2Cl)n1. The zero-order valence-corrected chi connectivity index (χ0v) is 9.20. The van der Waals surface area contributed by atoms with Crippen LogP contribution in [-0.2, 0) is 6.54 Å². The molecule has 1 heterocycles. The van der Waals surface area contributed by atoms with Crippen molar-refractivity contribution >= 4 is 29.0 Å². The number of nitrogens with zero attached hydrogens (tertiary/aromatic N) is 3. The minimum Gasteiger partial charge on any atom is -0.381 e. The Hall–Kier alpha value is -1.26. The number of nitrogen functional groups attached to an aromatic ring is 1. The Balaban J connectivity index is 2.28. The molecule has 1 aromatic carbocycles. The highest BCUT2D eigenvalue weighted by Crippen LogP contribution is 2.25. The van der Waals surface area contributed by atoms with E-state index in [0.717, 1.165) is 5.56 Å². The van der Waals surface area contributed by atoms with Crippen molar-refractivity contribution in [2.75, 3.05) is 5.73 Å². The van der Waals surface area contributed by atoms with Gasteiger partial charge in [-0.2, -0.15) is 9.90 Å². The number of nitrogens with two attached hydrogens (primary N) is 1. The third-order valence-electron chi connectivity index (χ3n) is 1.90. The summed E-state index contributed by atoms with van der Waals surface area (Å²) in [5.41, 5.74) is 6.31. The number of rotatable bonds is 2. The topological polar surface area (TPSA) is 56.7 Å². The molecular formula is C9H8Cl2N4. The molecule has 0 amide bonds. The molecule has 2 N–H and O–H groups in total. The van der Waals surface area contributed by atoms with Crippen LogP contribution in [0.3, 0.4) is 0 Å². The number of anilines is 1. The van der Waals surface area contributed by atoms with E-state index < -0.39 is 0 Å². The van der Waals surface area contributed by atoms with Crippen molar-refractivity contribution < 1.29 is 0 Å². The van der Waals surface area contributed by atoms with Crippen LogP contribution in [0.15, 0.2) is 24.4 Å². The second-order valence-electron chi connectivity index (χ2n) is 3.01. The van der Waals surface area contributed by atoms with E-state index in [1.165, 1.54) is 11.0 Å². The van der Waals surface area contributed by atoms with Crippen LogP contribution in [0.25, 0.3) is 0 Å². The molecule has 6 heteroatoms. The first-order valence-electron chi connectivity index (χ1n) is 4.25. The molecule has 0 saturated carbocycles. The summed E-state index contributed by atoms with van der Waals surface area (Å²) < 4.78 is 0. The Morgan fingerprint density at radius 3 is 2.80 bits per heavy atom. The van der Waals surface area contributed by atoms with E-state index in [2.05, 4.69) is 10.2 Å². The van der Waals surface area contributed by atoms with Crippen LogP contribution in [0.5, 0.6) is 0 Å². The van der Waals surface area contributed by atoms with Gasteiger partial charge < -0.3 is 5.73 Å². The standard InChI is InChI=1S/C9H8Cl2N4/c10-7-3-1-2-6(9(7)11)5-15-13-4-8(12)14-15/h1-4H,5H2,(H2,12,14). The first-order chi connectivity index (χ1) is 7.16. The van der Waals surface area contributed by atoms with Crippen molar-refractivity contribution in [3.05, 3.63) is 40.0 Å². The number of hydrogen-bond donors (Lipinski definition) is 1. The minimum atomic E-state index is 0.383. The Bertz CT molecular complexity index is 481. The van der Waals surface area contributed by atoms with Gasteiger partial charge in [-0.05, 0) is 11.6 Å². The van der Waals surface area contributed by atoms with Crippen LogP contribution in [0, 0.1) is 0 Å². The fourth-order valence-electron chi connectivity index (χ4n) is 1.21. The van der Waals surface area contributed by atoms with Crippen LogP contribution in [0.1, 0.15) is 5.56 Å². The molecule has 0 aliphatic heterocycles. The maximum Gasteiger partial charge on any atom is 0.165 e. The third-order valence-corrected chi connectivity index (χ3v) is 2.76. The van der Waals surface area contributed by atoms with Crippen LogP contribution in [0.4, 0.5) is 5.82 Å². The molecule has 0 fully saturated rings. The first-order valence-corrected chi connectivity index (χ1v) is 5.01. The lowest BCUT2D eigenvalue weighted by atomic mass is 10.2. The molecule has 0 aliphatic carbocycles. The van der Waals surface area contributed by atoms with Crippen molar-refractivity contribution in [3.8, 4) is 0 Å². The van der Waals surface area contributed by atoms with Crippen molar-refractivity contribution in [2.45, 2.75) is 6.54 Å². The summed E-state index contributed by atoms with van der Waals surface area (Å²) in [6, 6.07) is 5.43. The van der Waals surface area contributed by atoms with Gasteiger partial charge in [-0.25, -0.2) is 0 Å². The monoisotopic (exact) mass is 242 g/mol. The fourth-order valence-corrected chi connectivity index (χ4v) is 1.59. The van der Waals surface area contributed by atoms with Crippen LogP contribution in [0.2, 0.25) is 10.0 Å². The van der Waals surface area contributed by atoms with Crippen molar-refractivity contribution in [3.63, 3.8) is 0 Å². The molecule has 2 aromatic rings. The number of aromatic nitrogens is 3. The highest BCUT2D eigenvalue weighted by molar-refractivity contribution is 6.42. The third kappa shape index (κ3) is 2.22. The lowest BCUT2D eigenvalue weighted by molar-refractivity contribution is 0.593. The van der Waals surface area contributed by atoms with Crippen LogP contribution in [-0.4, -0.2) is 15.0 Å². The Morgan fingerprint density at radius 2 is 2.13 bits per heavy atom. The summed E-state index contributed by atoms with van der Waals surface area (Å²) in [7, 11) is 0. The Labute approximate surface area is 96.6 Å². The molecule has 0 unspecified atom stereocenters. The number of hydrogen-bond acceptors (Lipinski definition) is 3. The summed E-state index contributed by atoms with van der Waals surface area (Å²) >= 11 is 11.9. The molecule has 4 nitrogen and oxygen atoms in total. The molecule has 15 heavy (non-hydrogen) atoms. The highest BCUT2D eigenvalue weighted by Gasteiger charge is 2.06. The minimum absolute atomic E-state index is 0.383. The largest absolute Gasteiger partial charge is 0.381 e. The maximum atomic E-state index is 6.02. The summed E-state index contributed by atoms with van der Waals surface area (Å²) in [6.07, 6.45) is 1.48. The fraction of sp³-hybridized carbons (Fsp3) is 0.111. The van der Waals surface area contributed by atoms with E-state index >= 15 is 0 Å². The van der Waals surface area contributed by atoms with Crippen molar-refractivity contribution in [2.24, 2.45) is 0 Å². The molecule has 0 aliphatic rings. The molecule has 0 bridgehead atoms. The van der Waals surface area contributed by atoms with Gasteiger partial charge in [0.15, 0.2) is 5.82 Å². The molecule has 0 radical (unpaired) electrons. The average Bonchev–Trinajstić information content (AvgIpc) is 2.59. The summed E-state index contributed by atoms with van der Waals surface area (Å²) in [5, 5.41) is 8.96. The van der Waals surface area contributed by atoms with E-state index in [1.54, 1.807) is 6.07 Å². The summed E-state index contributed by atoms with van der Waals surface area (Å²) in [4.78, 5) is 1.47. The maximum absolute atomic E-state index is 6.02. The molecule has 2 rings (SSSR count). The first kappa shape index (κ1) is 10.3. The predicted molar refractivity (Wildman–Crippen MR) is 60.0 cm³/mol. The smallest absolute Gasteiger partial charge is 0.165 e. The number of benzene rings is 1. The van der Waals surface area contributed by atoms with Gasteiger partial charge in [0.2, 0.25) is 0 Å². The van der Waals surface area contributed by atoms with Gasteiger partial charge in [0.05, 0.1) is 22.8 Å². The van der Waals surface area contributed by atoms with Crippen LogP contribution >= 0.6 is 23.2 Å². The predicted octanol–water partition coefficient (Wildman–Crippen LogP) is 2.22. The molecule has 78 valence electrons. The van der Waals surface area contributed by atoms with Gasteiger partial charge in [0.25, 0.3) is 0 Å². The zero-order chi connectivity index (χ0) is 10.8. The Morgan fingerprint density at radius 1 is 1.33 bits per heavy atom.